The third-order valence-corrected chi connectivity index (χ3v) is 3.11. The van der Waals surface area contributed by atoms with Gasteiger partial charge in [-0.1, -0.05) is 19.9 Å². The van der Waals surface area contributed by atoms with Gasteiger partial charge in [-0.2, -0.15) is 0 Å². The zero-order valence-corrected chi connectivity index (χ0v) is 11.0. The van der Waals surface area contributed by atoms with Crippen LogP contribution in [-0.2, 0) is 6.42 Å². The van der Waals surface area contributed by atoms with E-state index in [1.165, 1.54) is 18.2 Å². The zero-order valence-electron chi connectivity index (χ0n) is 11.0. The lowest BCUT2D eigenvalue weighted by Crippen LogP contribution is -2.24. The summed E-state index contributed by atoms with van der Waals surface area (Å²) in [5.74, 6) is -0.350. The molecule has 1 aromatic carbocycles. The highest BCUT2D eigenvalue weighted by Crippen LogP contribution is 2.30. The highest BCUT2D eigenvalue weighted by molar-refractivity contribution is 5.35. The van der Waals surface area contributed by atoms with Crippen molar-refractivity contribution in [1.29, 1.82) is 0 Å². The van der Waals surface area contributed by atoms with Crippen LogP contribution in [0.3, 0.4) is 0 Å². The van der Waals surface area contributed by atoms with Crippen molar-refractivity contribution in [2.24, 2.45) is 0 Å². The average molecular weight is 265 g/mol. The molecule has 0 saturated heterocycles. The molecule has 0 radical (unpaired) electrons. The van der Waals surface area contributed by atoms with Gasteiger partial charge in [0.05, 0.1) is 12.3 Å². The maximum Gasteiger partial charge on any atom is 0.131 e. The molecule has 0 aliphatic carbocycles. The van der Waals surface area contributed by atoms with Crippen molar-refractivity contribution in [3.63, 3.8) is 0 Å². The number of hydrogen-bond donors (Lipinski definition) is 1. The predicted octanol–water partition coefficient (Wildman–Crippen LogP) is 3.82. The van der Waals surface area contributed by atoms with Crippen molar-refractivity contribution in [3.8, 4) is 0 Å². The number of nitrogens with one attached hydrogen (secondary N) is 1. The van der Waals surface area contributed by atoms with Crippen molar-refractivity contribution < 1.29 is 13.2 Å². The molecular formula is C15H17F2NO. The summed E-state index contributed by atoms with van der Waals surface area (Å²) in [7, 11) is 0. The largest absolute Gasteiger partial charge is 0.469 e. The SMILES string of the molecule is CCNC(c1ccoc1CC)c1c(F)cccc1F. The van der Waals surface area contributed by atoms with E-state index in [1.807, 2.05) is 13.8 Å². The molecule has 0 saturated carbocycles. The molecule has 1 atom stereocenters. The number of benzene rings is 1. The molecule has 2 rings (SSSR count). The normalized spacial score (nSPS) is 12.6. The van der Waals surface area contributed by atoms with Gasteiger partial charge in [0.1, 0.15) is 17.4 Å². The molecular weight excluding hydrogens is 248 g/mol. The van der Waals surface area contributed by atoms with Crippen molar-refractivity contribution >= 4 is 0 Å². The summed E-state index contributed by atoms with van der Waals surface area (Å²) in [6.45, 7) is 4.45. The number of halogens is 2. The van der Waals surface area contributed by atoms with Gasteiger partial charge in [0.2, 0.25) is 0 Å². The molecule has 0 aliphatic heterocycles. The van der Waals surface area contributed by atoms with E-state index in [-0.39, 0.29) is 5.56 Å². The van der Waals surface area contributed by atoms with Gasteiger partial charge in [0.15, 0.2) is 0 Å². The monoisotopic (exact) mass is 265 g/mol. The fourth-order valence-electron chi connectivity index (χ4n) is 2.25. The quantitative estimate of drug-likeness (QED) is 0.889. The lowest BCUT2D eigenvalue weighted by atomic mass is 9.97. The first-order valence-corrected chi connectivity index (χ1v) is 6.42. The average Bonchev–Trinajstić information content (AvgIpc) is 2.85. The Morgan fingerprint density at radius 2 is 1.84 bits per heavy atom. The summed E-state index contributed by atoms with van der Waals surface area (Å²) in [6.07, 6.45) is 2.23. The van der Waals surface area contributed by atoms with E-state index in [9.17, 15) is 8.78 Å². The lowest BCUT2D eigenvalue weighted by Gasteiger charge is -2.19. The van der Waals surface area contributed by atoms with Crippen LogP contribution in [0, 0.1) is 11.6 Å². The molecule has 0 amide bonds. The summed E-state index contributed by atoms with van der Waals surface area (Å²) in [5.41, 5.74) is 0.828. The molecule has 0 spiro atoms. The minimum absolute atomic E-state index is 0.0421. The highest BCUT2D eigenvalue weighted by atomic mass is 19.1. The highest BCUT2D eigenvalue weighted by Gasteiger charge is 2.24. The maximum atomic E-state index is 13.9. The third kappa shape index (κ3) is 2.68. The first kappa shape index (κ1) is 13.7. The molecule has 2 nitrogen and oxygen atoms in total. The van der Waals surface area contributed by atoms with Crippen LogP contribution in [-0.4, -0.2) is 6.54 Å². The van der Waals surface area contributed by atoms with Crippen LogP contribution < -0.4 is 5.32 Å². The standard InChI is InChI=1S/C15H17F2NO/c1-3-13-10(8-9-19-13)15(18-4-2)14-11(16)6-5-7-12(14)17/h5-9,15,18H,3-4H2,1-2H3. The Labute approximate surface area is 111 Å². The Bertz CT molecular complexity index is 531. The van der Waals surface area contributed by atoms with Gasteiger partial charge < -0.3 is 9.73 Å². The molecule has 102 valence electrons. The Morgan fingerprint density at radius 3 is 2.42 bits per heavy atom. The van der Waals surface area contributed by atoms with E-state index in [1.54, 1.807) is 12.3 Å². The summed E-state index contributed by atoms with van der Waals surface area (Å²) in [4.78, 5) is 0. The zero-order chi connectivity index (χ0) is 13.8. The summed E-state index contributed by atoms with van der Waals surface area (Å²) in [5, 5.41) is 3.12. The van der Waals surface area contributed by atoms with Crippen molar-refractivity contribution in [1.82, 2.24) is 5.32 Å². The van der Waals surface area contributed by atoms with Gasteiger partial charge in [-0.05, 0) is 24.7 Å². The van der Waals surface area contributed by atoms with Crippen LogP contribution in [0.1, 0.15) is 36.8 Å². The molecule has 1 heterocycles. The molecule has 4 heteroatoms. The van der Waals surface area contributed by atoms with Gasteiger partial charge in [-0.3, -0.25) is 0 Å². The van der Waals surface area contributed by atoms with Gasteiger partial charge in [-0.15, -0.1) is 0 Å². The lowest BCUT2D eigenvalue weighted by molar-refractivity contribution is 0.484. The first-order chi connectivity index (χ1) is 9.19. The second-order valence-corrected chi connectivity index (χ2v) is 4.28. The minimum Gasteiger partial charge on any atom is -0.469 e. The Balaban J connectivity index is 2.52. The van der Waals surface area contributed by atoms with Crippen LogP contribution in [0.2, 0.25) is 0 Å². The van der Waals surface area contributed by atoms with Crippen LogP contribution in [0.4, 0.5) is 8.78 Å². The van der Waals surface area contributed by atoms with E-state index in [4.69, 9.17) is 4.42 Å². The fourth-order valence-corrected chi connectivity index (χ4v) is 2.25. The Morgan fingerprint density at radius 1 is 1.16 bits per heavy atom. The second-order valence-electron chi connectivity index (χ2n) is 4.28. The Hall–Kier alpha value is -1.68. The van der Waals surface area contributed by atoms with E-state index < -0.39 is 17.7 Å². The van der Waals surface area contributed by atoms with Crippen LogP contribution in [0.25, 0.3) is 0 Å². The van der Waals surface area contributed by atoms with Crippen molar-refractivity contribution in [2.45, 2.75) is 26.3 Å². The molecule has 0 aliphatic rings. The summed E-state index contributed by atoms with van der Waals surface area (Å²) in [6, 6.07) is 5.15. The Kier molecular flexibility index (Phi) is 4.32. The molecule has 1 aromatic heterocycles. The number of hydrogen-bond acceptors (Lipinski definition) is 2. The second kappa shape index (κ2) is 5.97. The minimum atomic E-state index is -0.547. The molecule has 1 unspecified atom stereocenters. The van der Waals surface area contributed by atoms with E-state index in [0.717, 1.165) is 11.3 Å². The number of rotatable bonds is 5. The molecule has 2 aromatic rings. The smallest absolute Gasteiger partial charge is 0.131 e. The molecule has 19 heavy (non-hydrogen) atoms. The van der Waals surface area contributed by atoms with Crippen LogP contribution in [0.15, 0.2) is 34.9 Å². The summed E-state index contributed by atoms with van der Waals surface area (Å²) >= 11 is 0. The topological polar surface area (TPSA) is 25.2 Å². The van der Waals surface area contributed by atoms with E-state index in [2.05, 4.69) is 5.32 Å². The van der Waals surface area contributed by atoms with Gasteiger partial charge in [-0.25, -0.2) is 8.78 Å². The van der Waals surface area contributed by atoms with Crippen LogP contribution in [0.5, 0.6) is 0 Å². The fraction of sp³-hybridized carbons (Fsp3) is 0.333. The molecule has 0 bridgehead atoms. The van der Waals surface area contributed by atoms with E-state index >= 15 is 0 Å². The predicted molar refractivity (Wildman–Crippen MR) is 70.0 cm³/mol. The van der Waals surface area contributed by atoms with Gasteiger partial charge in [0.25, 0.3) is 0 Å². The summed E-state index contributed by atoms with van der Waals surface area (Å²) < 4.78 is 33.2. The van der Waals surface area contributed by atoms with Crippen molar-refractivity contribution in [2.75, 3.05) is 6.54 Å². The molecule has 1 N–H and O–H groups in total. The van der Waals surface area contributed by atoms with Gasteiger partial charge in [0, 0.05) is 17.5 Å². The first-order valence-electron chi connectivity index (χ1n) is 6.42. The van der Waals surface area contributed by atoms with E-state index in [0.29, 0.717) is 13.0 Å². The van der Waals surface area contributed by atoms with Crippen LogP contribution >= 0.6 is 0 Å². The number of aryl methyl sites for hydroxylation is 1. The van der Waals surface area contributed by atoms with Crippen molar-refractivity contribution in [3.05, 3.63) is 59.1 Å². The maximum absolute atomic E-state index is 13.9. The molecule has 0 fully saturated rings. The third-order valence-electron chi connectivity index (χ3n) is 3.11. The number of furan rings is 1. The van der Waals surface area contributed by atoms with Gasteiger partial charge >= 0.3 is 0 Å².